The average Bonchev–Trinajstić information content (AvgIpc) is 3.13. The lowest BCUT2D eigenvalue weighted by Crippen LogP contribution is -2.01. The maximum absolute atomic E-state index is 5.49. The standard InChI is InChI=1S/C22H21N3O3/c1-14-7-9-15(10-8-14)20-17-6-5-11-23-22(17)25(24-20)16-12-18(26-2)21(28-4)19(13-16)27-3/h5-13H,1-4H3. The van der Waals surface area contributed by atoms with Crippen LogP contribution in [0.2, 0.25) is 0 Å². The fourth-order valence-electron chi connectivity index (χ4n) is 3.25. The second kappa shape index (κ2) is 7.23. The van der Waals surface area contributed by atoms with Crippen LogP contribution in [0, 0.1) is 6.92 Å². The van der Waals surface area contributed by atoms with Gasteiger partial charge in [0.15, 0.2) is 17.1 Å². The molecule has 28 heavy (non-hydrogen) atoms. The van der Waals surface area contributed by atoms with Crippen LogP contribution in [-0.4, -0.2) is 36.1 Å². The van der Waals surface area contributed by atoms with E-state index in [2.05, 4.69) is 36.2 Å². The van der Waals surface area contributed by atoms with Crippen molar-refractivity contribution in [2.24, 2.45) is 0 Å². The number of benzene rings is 2. The van der Waals surface area contributed by atoms with Gasteiger partial charge in [0.25, 0.3) is 0 Å². The Morgan fingerprint density at radius 1 is 0.857 bits per heavy atom. The molecule has 0 N–H and O–H groups in total. The summed E-state index contributed by atoms with van der Waals surface area (Å²) in [5.41, 5.74) is 4.64. The van der Waals surface area contributed by atoms with Crippen LogP contribution in [0.3, 0.4) is 0 Å². The van der Waals surface area contributed by atoms with E-state index in [-0.39, 0.29) is 0 Å². The highest BCUT2D eigenvalue weighted by Gasteiger charge is 2.19. The minimum Gasteiger partial charge on any atom is -0.493 e. The van der Waals surface area contributed by atoms with E-state index in [0.717, 1.165) is 28.0 Å². The minimum absolute atomic E-state index is 0.539. The van der Waals surface area contributed by atoms with Crippen molar-refractivity contribution in [1.82, 2.24) is 14.8 Å². The molecular weight excluding hydrogens is 354 g/mol. The van der Waals surface area contributed by atoms with Gasteiger partial charge in [-0.1, -0.05) is 29.8 Å². The van der Waals surface area contributed by atoms with Gasteiger partial charge in [0.05, 0.1) is 27.0 Å². The first-order chi connectivity index (χ1) is 13.7. The van der Waals surface area contributed by atoms with Gasteiger partial charge in [-0.25, -0.2) is 9.67 Å². The quantitative estimate of drug-likeness (QED) is 0.517. The molecule has 0 bridgehead atoms. The van der Waals surface area contributed by atoms with Crippen molar-refractivity contribution >= 4 is 11.0 Å². The molecule has 2 heterocycles. The molecular formula is C22H21N3O3. The van der Waals surface area contributed by atoms with Crippen LogP contribution in [0.15, 0.2) is 54.7 Å². The Hall–Kier alpha value is -3.54. The zero-order valence-electron chi connectivity index (χ0n) is 16.3. The zero-order chi connectivity index (χ0) is 19.7. The van der Waals surface area contributed by atoms with Crippen LogP contribution >= 0.6 is 0 Å². The van der Waals surface area contributed by atoms with Gasteiger partial charge in [0, 0.05) is 29.3 Å². The number of pyridine rings is 1. The summed E-state index contributed by atoms with van der Waals surface area (Å²) in [5.74, 6) is 1.67. The smallest absolute Gasteiger partial charge is 0.203 e. The number of fused-ring (bicyclic) bond motifs is 1. The third-order valence-corrected chi connectivity index (χ3v) is 4.66. The normalized spacial score (nSPS) is 10.9. The fraction of sp³-hybridized carbons (Fsp3) is 0.182. The van der Waals surface area contributed by atoms with E-state index in [1.807, 2.05) is 24.3 Å². The summed E-state index contributed by atoms with van der Waals surface area (Å²) < 4.78 is 18.2. The SMILES string of the molecule is COc1cc(-n2nc(-c3ccc(C)cc3)c3cccnc32)cc(OC)c1OC. The van der Waals surface area contributed by atoms with Crippen LogP contribution in [0.25, 0.3) is 28.0 Å². The van der Waals surface area contributed by atoms with Crippen molar-refractivity contribution in [3.63, 3.8) is 0 Å². The van der Waals surface area contributed by atoms with E-state index in [9.17, 15) is 0 Å². The summed E-state index contributed by atoms with van der Waals surface area (Å²) in [6, 6.07) is 16.0. The molecule has 0 aliphatic carbocycles. The lowest BCUT2D eigenvalue weighted by molar-refractivity contribution is 0.324. The van der Waals surface area contributed by atoms with E-state index >= 15 is 0 Å². The number of aromatic nitrogens is 3. The molecule has 4 rings (SSSR count). The predicted octanol–water partition coefficient (Wildman–Crippen LogP) is 4.42. The Morgan fingerprint density at radius 2 is 1.54 bits per heavy atom. The number of ether oxygens (including phenoxy) is 3. The fourth-order valence-corrected chi connectivity index (χ4v) is 3.25. The molecule has 0 atom stereocenters. The maximum Gasteiger partial charge on any atom is 0.203 e. The van der Waals surface area contributed by atoms with Gasteiger partial charge in [-0.15, -0.1) is 0 Å². The molecule has 0 unspecified atom stereocenters. The second-order valence-electron chi connectivity index (χ2n) is 6.38. The van der Waals surface area contributed by atoms with Crippen LogP contribution in [-0.2, 0) is 0 Å². The van der Waals surface area contributed by atoms with Gasteiger partial charge >= 0.3 is 0 Å². The number of nitrogens with zero attached hydrogens (tertiary/aromatic N) is 3. The lowest BCUT2D eigenvalue weighted by atomic mass is 10.1. The van der Waals surface area contributed by atoms with Gasteiger partial charge < -0.3 is 14.2 Å². The van der Waals surface area contributed by atoms with E-state index in [4.69, 9.17) is 19.3 Å². The Kier molecular flexibility index (Phi) is 4.61. The first-order valence-corrected chi connectivity index (χ1v) is 8.87. The second-order valence-corrected chi connectivity index (χ2v) is 6.38. The molecule has 0 spiro atoms. The molecule has 0 radical (unpaired) electrons. The number of hydrogen-bond donors (Lipinski definition) is 0. The van der Waals surface area contributed by atoms with Gasteiger partial charge in [-0.2, -0.15) is 5.10 Å². The van der Waals surface area contributed by atoms with Crippen molar-refractivity contribution in [2.75, 3.05) is 21.3 Å². The Labute approximate surface area is 163 Å². The van der Waals surface area contributed by atoms with Crippen LogP contribution in [0.1, 0.15) is 5.56 Å². The van der Waals surface area contributed by atoms with Crippen molar-refractivity contribution in [1.29, 1.82) is 0 Å². The molecule has 0 aliphatic heterocycles. The highest BCUT2D eigenvalue weighted by Crippen LogP contribution is 2.40. The molecule has 0 saturated heterocycles. The van der Waals surface area contributed by atoms with Crippen LogP contribution < -0.4 is 14.2 Å². The molecule has 0 amide bonds. The highest BCUT2D eigenvalue weighted by atomic mass is 16.5. The highest BCUT2D eigenvalue weighted by molar-refractivity contribution is 5.92. The third-order valence-electron chi connectivity index (χ3n) is 4.66. The van der Waals surface area contributed by atoms with Gasteiger partial charge in [0.2, 0.25) is 5.75 Å². The average molecular weight is 375 g/mol. The predicted molar refractivity (Wildman–Crippen MR) is 109 cm³/mol. The van der Waals surface area contributed by atoms with Crippen molar-refractivity contribution < 1.29 is 14.2 Å². The Morgan fingerprint density at radius 3 is 2.14 bits per heavy atom. The third kappa shape index (κ3) is 2.93. The van der Waals surface area contributed by atoms with Gasteiger partial charge in [-0.05, 0) is 19.1 Å². The summed E-state index contributed by atoms with van der Waals surface area (Å²) in [7, 11) is 4.77. The molecule has 142 valence electrons. The Bertz CT molecular complexity index is 1110. The number of rotatable bonds is 5. The van der Waals surface area contributed by atoms with E-state index in [0.29, 0.717) is 17.2 Å². The van der Waals surface area contributed by atoms with Gasteiger partial charge in [-0.3, -0.25) is 0 Å². The summed E-state index contributed by atoms with van der Waals surface area (Å²) in [4.78, 5) is 4.56. The van der Waals surface area contributed by atoms with Crippen molar-refractivity contribution in [2.45, 2.75) is 6.92 Å². The largest absolute Gasteiger partial charge is 0.493 e. The molecule has 6 heteroatoms. The molecule has 4 aromatic rings. The number of aryl methyl sites for hydroxylation is 1. The number of methoxy groups -OCH3 is 3. The van der Waals surface area contributed by atoms with Crippen LogP contribution in [0.5, 0.6) is 17.2 Å². The molecule has 0 aliphatic rings. The van der Waals surface area contributed by atoms with Crippen LogP contribution in [0.4, 0.5) is 0 Å². The van der Waals surface area contributed by atoms with E-state index < -0.39 is 0 Å². The maximum atomic E-state index is 5.49. The summed E-state index contributed by atoms with van der Waals surface area (Å²) in [5, 5.41) is 5.84. The molecule has 0 saturated carbocycles. The Balaban J connectivity index is 1.96. The number of hydrogen-bond acceptors (Lipinski definition) is 5. The summed E-state index contributed by atoms with van der Waals surface area (Å²) in [6.07, 6.45) is 1.76. The summed E-state index contributed by atoms with van der Waals surface area (Å²) >= 11 is 0. The van der Waals surface area contributed by atoms with Crippen molar-refractivity contribution in [3.05, 3.63) is 60.3 Å². The zero-order valence-corrected chi connectivity index (χ0v) is 16.3. The van der Waals surface area contributed by atoms with Gasteiger partial charge in [0.1, 0.15) is 5.69 Å². The first kappa shape index (κ1) is 17.9. The summed E-state index contributed by atoms with van der Waals surface area (Å²) in [6.45, 7) is 2.07. The molecule has 6 nitrogen and oxygen atoms in total. The van der Waals surface area contributed by atoms with E-state index in [1.54, 1.807) is 32.2 Å². The first-order valence-electron chi connectivity index (χ1n) is 8.87. The van der Waals surface area contributed by atoms with E-state index in [1.165, 1.54) is 5.56 Å². The van der Waals surface area contributed by atoms with Crippen molar-refractivity contribution in [3.8, 4) is 34.2 Å². The molecule has 2 aromatic heterocycles. The molecule has 0 fully saturated rings. The minimum atomic E-state index is 0.539. The lowest BCUT2D eigenvalue weighted by Gasteiger charge is -2.14. The topological polar surface area (TPSA) is 58.4 Å². The monoisotopic (exact) mass is 375 g/mol. The molecule has 2 aromatic carbocycles.